The molecule has 7 nitrogen and oxygen atoms in total. The van der Waals surface area contributed by atoms with Crippen LogP contribution in [0.4, 0.5) is 0 Å². The van der Waals surface area contributed by atoms with Gasteiger partial charge in [0, 0.05) is 24.4 Å². The number of hydrogen-bond donors (Lipinski definition) is 2. The Hall–Kier alpha value is -2.88. The Morgan fingerprint density at radius 3 is 2.68 bits per heavy atom. The molecule has 1 saturated carbocycles. The second-order valence-corrected chi connectivity index (χ2v) is 8.41. The van der Waals surface area contributed by atoms with E-state index in [1.807, 2.05) is 45.0 Å². The molecule has 1 atom stereocenters. The van der Waals surface area contributed by atoms with Crippen molar-refractivity contribution in [1.29, 1.82) is 5.26 Å². The maximum Gasteiger partial charge on any atom is 0.273 e. The lowest BCUT2D eigenvalue weighted by Gasteiger charge is -2.30. The summed E-state index contributed by atoms with van der Waals surface area (Å²) in [5, 5.41) is 19.9. The van der Waals surface area contributed by atoms with E-state index in [0.717, 1.165) is 23.7 Å². The molecule has 0 saturated heterocycles. The van der Waals surface area contributed by atoms with Crippen LogP contribution in [-0.4, -0.2) is 33.7 Å². The molecular formula is C21H27N5O2. The molecule has 2 amide bonds. The van der Waals surface area contributed by atoms with Gasteiger partial charge in [-0.2, -0.15) is 10.4 Å². The van der Waals surface area contributed by atoms with Crippen molar-refractivity contribution in [1.82, 2.24) is 20.4 Å². The fraction of sp³-hybridized carbons (Fsp3) is 0.524. The topological polar surface area (TPSA) is 99.8 Å². The van der Waals surface area contributed by atoms with Crippen LogP contribution in [-0.2, 0) is 11.3 Å². The number of amides is 2. The number of aryl methyl sites for hydroxylation is 1. The van der Waals surface area contributed by atoms with Crippen molar-refractivity contribution >= 4 is 22.7 Å². The van der Waals surface area contributed by atoms with Crippen molar-refractivity contribution in [2.45, 2.75) is 65.1 Å². The molecule has 1 aromatic heterocycles. The van der Waals surface area contributed by atoms with Crippen molar-refractivity contribution in [3.8, 4) is 6.07 Å². The normalized spacial score (nSPS) is 15.1. The molecule has 1 fully saturated rings. The van der Waals surface area contributed by atoms with Gasteiger partial charge in [-0.1, -0.05) is 39.0 Å². The number of para-hydroxylation sites is 1. The van der Waals surface area contributed by atoms with Gasteiger partial charge in [0.05, 0.1) is 11.6 Å². The molecule has 0 unspecified atom stereocenters. The van der Waals surface area contributed by atoms with Gasteiger partial charge in [-0.05, 0) is 30.7 Å². The van der Waals surface area contributed by atoms with Crippen LogP contribution in [0.15, 0.2) is 24.3 Å². The number of hydrogen-bond acceptors (Lipinski definition) is 4. The SMILES string of the molecule is CC(C)(C)[C@H](NC(=O)c1nn(CCCC#N)c2ccccc12)C(=O)NC1CC1. The van der Waals surface area contributed by atoms with Gasteiger partial charge >= 0.3 is 0 Å². The van der Waals surface area contributed by atoms with Crippen LogP contribution in [0.5, 0.6) is 0 Å². The van der Waals surface area contributed by atoms with Crippen LogP contribution in [0.1, 0.15) is 56.9 Å². The lowest BCUT2D eigenvalue weighted by Crippen LogP contribution is -2.54. The molecule has 0 bridgehead atoms. The van der Waals surface area contributed by atoms with E-state index in [-0.39, 0.29) is 17.9 Å². The van der Waals surface area contributed by atoms with E-state index in [1.165, 1.54) is 0 Å². The van der Waals surface area contributed by atoms with Crippen molar-refractivity contribution in [3.05, 3.63) is 30.0 Å². The second-order valence-electron chi connectivity index (χ2n) is 8.41. The van der Waals surface area contributed by atoms with E-state index in [1.54, 1.807) is 4.68 Å². The van der Waals surface area contributed by atoms with Gasteiger partial charge in [0.2, 0.25) is 5.91 Å². The van der Waals surface area contributed by atoms with Gasteiger partial charge in [0.15, 0.2) is 5.69 Å². The number of unbranched alkanes of at least 4 members (excludes halogenated alkanes) is 1. The summed E-state index contributed by atoms with van der Waals surface area (Å²) in [7, 11) is 0. The first-order chi connectivity index (χ1) is 13.3. The maximum atomic E-state index is 13.0. The summed E-state index contributed by atoms with van der Waals surface area (Å²) in [5.41, 5.74) is 0.723. The Balaban J connectivity index is 1.85. The molecule has 7 heteroatoms. The number of carbonyl (C=O) groups excluding carboxylic acids is 2. The minimum absolute atomic E-state index is 0.152. The van der Waals surface area contributed by atoms with Gasteiger partial charge in [0.25, 0.3) is 5.91 Å². The van der Waals surface area contributed by atoms with Gasteiger partial charge < -0.3 is 10.6 Å². The quantitative estimate of drug-likeness (QED) is 0.720. The zero-order chi connectivity index (χ0) is 20.3. The fourth-order valence-corrected chi connectivity index (χ4v) is 3.16. The first-order valence-corrected chi connectivity index (χ1v) is 9.75. The maximum absolute atomic E-state index is 13.0. The number of nitrogens with zero attached hydrogens (tertiary/aromatic N) is 3. The molecule has 1 aliphatic carbocycles. The third-order valence-corrected chi connectivity index (χ3v) is 4.86. The van der Waals surface area contributed by atoms with E-state index < -0.39 is 11.5 Å². The Labute approximate surface area is 165 Å². The van der Waals surface area contributed by atoms with E-state index in [9.17, 15) is 9.59 Å². The number of benzene rings is 1. The molecule has 0 radical (unpaired) electrons. The lowest BCUT2D eigenvalue weighted by molar-refractivity contribution is -0.125. The monoisotopic (exact) mass is 381 g/mol. The molecule has 2 N–H and O–H groups in total. The number of nitrogens with one attached hydrogen (secondary N) is 2. The summed E-state index contributed by atoms with van der Waals surface area (Å²) in [5.74, 6) is -0.512. The van der Waals surface area contributed by atoms with Crippen molar-refractivity contribution in [3.63, 3.8) is 0 Å². The highest BCUT2D eigenvalue weighted by Crippen LogP contribution is 2.25. The highest BCUT2D eigenvalue weighted by atomic mass is 16.2. The van der Waals surface area contributed by atoms with Crippen LogP contribution in [0.3, 0.4) is 0 Å². The molecule has 0 spiro atoms. The van der Waals surface area contributed by atoms with E-state index in [2.05, 4.69) is 21.8 Å². The minimum atomic E-state index is -0.650. The third kappa shape index (κ3) is 4.50. The first-order valence-electron chi connectivity index (χ1n) is 9.75. The summed E-state index contributed by atoms with van der Waals surface area (Å²) >= 11 is 0. The average Bonchev–Trinajstić information content (AvgIpc) is 3.38. The minimum Gasteiger partial charge on any atom is -0.352 e. The summed E-state index contributed by atoms with van der Waals surface area (Å²) in [6.07, 6.45) is 3.09. The molecular weight excluding hydrogens is 354 g/mol. The van der Waals surface area contributed by atoms with E-state index in [4.69, 9.17) is 5.26 Å². The van der Waals surface area contributed by atoms with E-state index >= 15 is 0 Å². The number of rotatable bonds is 7. The second kappa shape index (κ2) is 8.01. The van der Waals surface area contributed by atoms with Gasteiger partial charge in [0.1, 0.15) is 6.04 Å². The van der Waals surface area contributed by atoms with Gasteiger partial charge in [-0.3, -0.25) is 14.3 Å². The average molecular weight is 381 g/mol. The van der Waals surface area contributed by atoms with Crippen molar-refractivity contribution in [2.75, 3.05) is 0 Å². The van der Waals surface area contributed by atoms with Crippen LogP contribution in [0.2, 0.25) is 0 Å². The van der Waals surface area contributed by atoms with E-state index in [0.29, 0.717) is 25.1 Å². The predicted molar refractivity (Wildman–Crippen MR) is 106 cm³/mol. The highest BCUT2D eigenvalue weighted by Gasteiger charge is 2.36. The van der Waals surface area contributed by atoms with Gasteiger partial charge in [-0.25, -0.2) is 0 Å². The fourth-order valence-electron chi connectivity index (χ4n) is 3.16. The third-order valence-electron chi connectivity index (χ3n) is 4.86. The smallest absolute Gasteiger partial charge is 0.273 e. The van der Waals surface area contributed by atoms with Crippen LogP contribution >= 0.6 is 0 Å². The van der Waals surface area contributed by atoms with Crippen molar-refractivity contribution in [2.24, 2.45) is 5.41 Å². The highest BCUT2D eigenvalue weighted by molar-refractivity contribution is 6.06. The van der Waals surface area contributed by atoms with Crippen LogP contribution in [0, 0.1) is 16.7 Å². The molecule has 1 aliphatic rings. The Bertz CT molecular complexity index is 915. The number of carbonyl (C=O) groups is 2. The Morgan fingerprint density at radius 2 is 2.04 bits per heavy atom. The largest absolute Gasteiger partial charge is 0.352 e. The molecule has 0 aliphatic heterocycles. The molecule has 2 aromatic rings. The van der Waals surface area contributed by atoms with Crippen molar-refractivity contribution < 1.29 is 9.59 Å². The Kier molecular flexibility index (Phi) is 5.68. The van der Waals surface area contributed by atoms with Gasteiger partial charge in [-0.15, -0.1) is 0 Å². The zero-order valence-corrected chi connectivity index (χ0v) is 16.7. The number of nitriles is 1. The summed E-state index contributed by atoms with van der Waals surface area (Å²) in [6, 6.07) is 9.23. The summed E-state index contributed by atoms with van der Waals surface area (Å²) in [6.45, 7) is 6.36. The molecule has 148 valence electrons. The molecule has 1 aromatic carbocycles. The standard InChI is InChI=1S/C21H27N5O2/c1-21(2,3)18(20(28)23-14-10-11-14)24-19(27)17-15-8-4-5-9-16(15)26(25-17)13-7-6-12-22/h4-5,8-9,14,18H,6-7,10-11,13H2,1-3H3,(H,23,28)(H,24,27)/t18-/m1/s1. The number of aromatic nitrogens is 2. The summed E-state index contributed by atoms with van der Waals surface area (Å²) < 4.78 is 1.76. The Morgan fingerprint density at radius 1 is 1.32 bits per heavy atom. The van der Waals surface area contributed by atoms with Crippen LogP contribution in [0.25, 0.3) is 10.9 Å². The first kappa shape index (κ1) is 19.9. The molecule has 3 rings (SSSR count). The van der Waals surface area contributed by atoms with Crippen LogP contribution < -0.4 is 10.6 Å². The molecule has 28 heavy (non-hydrogen) atoms. The summed E-state index contributed by atoms with van der Waals surface area (Å²) in [4.78, 5) is 25.7. The number of fused-ring (bicyclic) bond motifs is 1. The lowest BCUT2D eigenvalue weighted by atomic mass is 9.86. The zero-order valence-electron chi connectivity index (χ0n) is 16.7. The predicted octanol–water partition coefficient (Wildman–Crippen LogP) is 2.76. The molecule has 1 heterocycles.